The van der Waals surface area contributed by atoms with E-state index < -0.39 is 0 Å². The summed E-state index contributed by atoms with van der Waals surface area (Å²) in [6.07, 6.45) is 6.79. The lowest BCUT2D eigenvalue weighted by Gasteiger charge is -2.56. The summed E-state index contributed by atoms with van der Waals surface area (Å²) >= 11 is 0. The van der Waals surface area contributed by atoms with Crippen molar-refractivity contribution in [2.75, 3.05) is 25.0 Å². The lowest BCUT2D eigenvalue weighted by atomic mass is 9.65. The molecule has 3 aliphatic heterocycles. The van der Waals surface area contributed by atoms with Crippen LogP contribution in [0.25, 0.3) is 11.1 Å². The van der Waals surface area contributed by atoms with E-state index in [9.17, 15) is 0 Å². The third-order valence-electron chi connectivity index (χ3n) is 6.21. The molecule has 1 aliphatic carbocycles. The third-order valence-corrected chi connectivity index (χ3v) is 6.21. The summed E-state index contributed by atoms with van der Waals surface area (Å²) in [6, 6.07) is 11.6. The number of anilines is 1. The molecule has 0 amide bonds. The van der Waals surface area contributed by atoms with Crippen LogP contribution in [0.4, 0.5) is 5.69 Å². The van der Waals surface area contributed by atoms with E-state index in [1.54, 1.807) is 0 Å². The van der Waals surface area contributed by atoms with E-state index in [0.717, 1.165) is 17.8 Å². The van der Waals surface area contributed by atoms with Gasteiger partial charge >= 0.3 is 0 Å². The van der Waals surface area contributed by atoms with Gasteiger partial charge in [0.25, 0.3) is 0 Å². The largest absolute Gasteiger partial charge is 0.380 e. The summed E-state index contributed by atoms with van der Waals surface area (Å²) in [5.41, 5.74) is 4.93. The number of aromatic nitrogens is 1. The fourth-order valence-electron chi connectivity index (χ4n) is 5.34. The molecule has 1 N–H and O–H groups in total. The Kier molecular flexibility index (Phi) is 3.37. The van der Waals surface area contributed by atoms with Crippen molar-refractivity contribution in [1.82, 2.24) is 9.88 Å². The third kappa shape index (κ3) is 2.51. The van der Waals surface area contributed by atoms with Crippen molar-refractivity contribution in [3.05, 3.63) is 48.3 Å². The fraction of sp³-hybridized carbons (Fsp3) is 0.476. The van der Waals surface area contributed by atoms with Gasteiger partial charge in [0.2, 0.25) is 0 Å². The SMILES string of the molecule is Cc1cccc(-c2cncc(NC3[C@H]4CC5C[C@H]3CN(C5)C4)c2)c1. The first kappa shape index (κ1) is 14.5. The molecule has 4 aliphatic rings. The molecule has 2 aromatic rings. The van der Waals surface area contributed by atoms with E-state index in [-0.39, 0.29) is 0 Å². The molecule has 124 valence electrons. The molecule has 3 saturated heterocycles. The van der Waals surface area contributed by atoms with E-state index in [0.29, 0.717) is 6.04 Å². The molecule has 3 heteroatoms. The molecule has 4 fully saturated rings. The Bertz CT molecular complexity index is 726. The minimum absolute atomic E-state index is 0.632. The molecular weight excluding hydrogens is 294 g/mol. The number of hydrogen-bond donors (Lipinski definition) is 1. The van der Waals surface area contributed by atoms with Crippen LogP contribution in [0.2, 0.25) is 0 Å². The van der Waals surface area contributed by atoms with Gasteiger partial charge in [-0.2, -0.15) is 0 Å². The van der Waals surface area contributed by atoms with Gasteiger partial charge in [0, 0.05) is 43.6 Å². The van der Waals surface area contributed by atoms with Crippen LogP contribution in [0.1, 0.15) is 18.4 Å². The number of rotatable bonds is 3. The Labute approximate surface area is 144 Å². The Hall–Kier alpha value is -1.87. The molecule has 0 spiro atoms. The van der Waals surface area contributed by atoms with Gasteiger partial charge in [0.1, 0.15) is 0 Å². The predicted molar refractivity (Wildman–Crippen MR) is 98.0 cm³/mol. The van der Waals surface area contributed by atoms with Crippen molar-refractivity contribution in [3.63, 3.8) is 0 Å². The Balaban J connectivity index is 1.39. The highest BCUT2D eigenvalue weighted by atomic mass is 15.2. The van der Waals surface area contributed by atoms with Gasteiger partial charge in [-0.05, 0) is 49.1 Å². The number of nitrogens with one attached hydrogen (secondary N) is 1. The molecular formula is C21H25N3. The van der Waals surface area contributed by atoms with Crippen molar-refractivity contribution in [1.29, 1.82) is 0 Å². The summed E-state index contributed by atoms with van der Waals surface area (Å²) < 4.78 is 0. The molecule has 0 radical (unpaired) electrons. The zero-order chi connectivity index (χ0) is 16.1. The molecule has 4 heterocycles. The van der Waals surface area contributed by atoms with Crippen LogP contribution in [0.3, 0.4) is 0 Å². The van der Waals surface area contributed by atoms with Crippen molar-refractivity contribution in [2.45, 2.75) is 25.8 Å². The number of nitrogens with zero attached hydrogens (tertiary/aromatic N) is 2. The number of aryl methyl sites for hydroxylation is 1. The van der Waals surface area contributed by atoms with Crippen LogP contribution in [0.5, 0.6) is 0 Å². The van der Waals surface area contributed by atoms with Gasteiger partial charge in [-0.1, -0.05) is 29.8 Å². The highest BCUT2D eigenvalue weighted by molar-refractivity contribution is 5.67. The van der Waals surface area contributed by atoms with Crippen molar-refractivity contribution >= 4 is 5.69 Å². The molecule has 1 aromatic carbocycles. The van der Waals surface area contributed by atoms with Gasteiger partial charge in [0.05, 0.1) is 5.69 Å². The lowest BCUT2D eigenvalue weighted by molar-refractivity contribution is -0.0269. The van der Waals surface area contributed by atoms with Crippen molar-refractivity contribution < 1.29 is 0 Å². The molecule has 2 atom stereocenters. The van der Waals surface area contributed by atoms with Crippen molar-refractivity contribution in [2.24, 2.45) is 17.8 Å². The monoisotopic (exact) mass is 319 g/mol. The van der Waals surface area contributed by atoms with Gasteiger partial charge in [-0.3, -0.25) is 4.98 Å². The zero-order valence-electron chi connectivity index (χ0n) is 14.3. The normalized spacial score (nSPS) is 33.6. The minimum Gasteiger partial charge on any atom is -0.380 e. The van der Waals surface area contributed by atoms with E-state index in [1.807, 2.05) is 12.4 Å². The molecule has 6 rings (SSSR count). The molecule has 4 bridgehead atoms. The summed E-state index contributed by atoms with van der Waals surface area (Å²) in [5.74, 6) is 2.59. The maximum atomic E-state index is 4.50. The Morgan fingerprint density at radius 1 is 1.00 bits per heavy atom. The number of piperidine rings is 3. The van der Waals surface area contributed by atoms with E-state index in [2.05, 4.69) is 52.5 Å². The summed E-state index contributed by atoms with van der Waals surface area (Å²) in [6.45, 7) is 6.07. The predicted octanol–water partition coefficient (Wildman–Crippen LogP) is 3.81. The summed E-state index contributed by atoms with van der Waals surface area (Å²) in [5, 5.41) is 3.86. The molecule has 0 unspecified atom stereocenters. The molecule has 3 nitrogen and oxygen atoms in total. The first-order valence-corrected chi connectivity index (χ1v) is 9.25. The first-order chi connectivity index (χ1) is 11.7. The van der Waals surface area contributed by atoms with Gasteiger partial charge in [-0.15, -0.1) is 0 Å². The van der Waals surface area contributed by atoms with Gasteiger partial charge < -0.3 is 10.2 Å². The van der Waals surface area contributed by atoms with Crippen molar-refractivity contribution in [3.8, 4) is 11.1 Å². The molecule has 1 saturated carbocycles. The lowest BCUT2D eigenvalue weighted by Crippen LogP contribution is -2.62. The second-order valence-corrected chi connectivity index (χ2v) is 8.08. The fourth-order valence-corrected chi connectivity index (χ4v) is 5.34. The first-order valence-electron chi connectivity index (χ1n) is 9.25. The van der Waals surface area contributed by atoms with Crippen LogP contribution in [0, 0.1) is 24.7 Å². The van der Waals surface area contributed by atoms with E-state index >= 15 is 0 Å². The second kappa shape index (κ2) is 5.59. The highest BCUT2D eigenvalue weighted by Gasteiger charge is 2.47. The van der Waals surface area contributed by atoms with E-state index in [4.69, 9.17) is 0 Å². The summed E-state index contributed by atoms with van der Waals surface area (Å²) in [4.78, 5) is 7.19. The van der Waals surface area contributed by atoms with Crippen LogP contribution < -0.4 is 5.32 Å². The number of hydrogen-bond acceptors (Lipinski definition) is 3. The van der Waals surface area contributed by atoms with Crippen LogP contribution >= 0.6 is 0 Å². The number of benzene rings is 1. The molecule has 1 aromatic heterocycles. The number of pyridine rings is 1. The summed E-state index contributed by atoms with van der Waals surface area (Å²) in [7, 11) is 0. The van der Waals surface area contributed by atoms with Crippen LogP contribution in [-0.4, -0.2) is 35.6 Å². The second-order valence-electron chi connectivity index (χ2n) is 8.08. The molecule has 24 heavy (non-hydrogen) atoms. The maximum Gasteiger partial charge on any atom is 0.0535 e. The Morgan fingerprint density at radius 3 is 2.58 bits per heavy atom. The Morgan fingerprint density at radius 2 is 1.83 bits per heavy atom. The quantitative estimate of drug-likeness (QED) is 0.932. The maximum absolute atomic E-state index is 4.50. The smallest absolute Gasteiger partial charge is 0.0535 e. The van der Waals surface area contributed by atoms with E-state index in [1.165, 1.54) is 54.9 Å². The topological polar surface area (TPSA) is 28.2 Å². The average molecular weight is 319 g/mol. The van der Waals surface area contributed by atoms with Crippen LogP contribution in [0.15, 0.2) is 42.7 Å². The zero-order valence-corrected chi connectivity index (χ0v) is 14.3. The standard InChI is InChI=1S/C21H25N3/c1-14-3-2-4-16(5-14)17-8-20(10-22-9-17)23-21-18-6-15-7-19(21)13-24(11-15)12-18/h2-5,8-10,15,18-19,21,23H,6-7,11-13H2,1H3/t15?,18-,19-,21?/m0/s1. The van der Waals surface area contributed by atoms with Gasteiger partial charge in [0.15, 0.2) is 0 Å². The van der Waals surface area contributed by atoms with Gasteiger partial charge in [-0.25, -0.2) is 0 Å². The average Bonchev–Trinajstić information content (AvgIpc) is 2.58. The highest BCUT2D eigenvalue weighted by Crippen LogP contribution is 2.44. The van der Waals surface area contributed by atoms with Crippen LogP contribution in [-0.2, 0) is 0 Å². The minimum atomic E-state index is 0.632.